The summed E-state index contributed by atoms with van der Waals surface area (Å²) in [7, 11) is 3.34. The number of halogens is 1. The molecule has 2 amide bonds. The number of benzene rings is 2. The number of amides is 2. The molecule has 28 heavy (non-hydrogen) atoms. The van der Waals surface area contributed by atoms with Crippen LogP contribution in [0.15, 0.2) is 54.7 Å². The molecule has 0 aliphatic heterocycles. The maximum absolute atomic E-state index is 12.3. The number of hydrogen-bond donors (Lipinski definition) is 1. The Bertz CT molecular complexity index is 1020. The summed E-state index contributed by atoms with van der Waals surface area (Å²) >= 11 is 5.85. The molecule has 1 heterocycles. The van der Waals surface area contributed by atoms with Gasteiger partial charge < -0.3 is 15.0 Å². The van der Waals surface area contributed by atoms with E-state index >= 15 is 0 Å². The third-order valence-electron chi connectivity index (χ3n) is 4.31. The molecule has 0 atom stereocenters. The second-order valence-electron chi connectivity index (χ2n) is 6.34. The topological polar surface area (TPSA) is 71.5 Å². The van der Waals surface area contributed by atoms with Crippen molar-refractivity contribution in [2.24, 2.45) is 0 Å². The van der Waals surface area contributed by atoms with Crippen LogP contribution >= 0.6 is 11.6 Å². The van der Waals surface area contributed by atoms with Crippen LogP contribution in [0.25, 0.3) is 10.8 Å². The highest BCUT2D eigenvalue weighted by Crippen LogP contribution is 2.22. The number of methoxy groups -OCH3 is 1. The van der Waals surface area contributed by atoms with Gasteiger partial charge in [0.2, 0.25) is 5.91 Å². The van der Waals surface area contributed by atoms with Gasteiger partial charge in [0, 0.05) is 24.8 Å². The molecular formula is C21H20ClN3O3. The van der Waals surface area contributed by atoms with Crippen LogP contribution in [0.3, 0.4) is 0 Å². The van der Waals surface area contributed by atoms with Crippen molar-refractivity contribution in [2.45, 2.75) is 6.54 Å². The largest absolute Gasteiger partial charge is 0.497 e. The molecule has 0 bridgehead atoms. The van der Waals surface area contributed by atoms with Crippen molar-refractivity contribution < 1.29 is 14.3 Å². The maximum Gasteiger partial charge on any atom is 0.270 e. The lowest BCUT2D eigenvalue weighted by molar-refractivity contribution is -0.129. The SMILES string of the molecule is COc1ccc2cc(CN(C)C(=O)CNC(=O)c3cc(Cl)ccn3)ccc2c1. The van der Waals surface area contributed by atoms with E-state index in [1.165, 1.54) is 12.3 Å². The maximum atomic E-state index is 12.3. The second kappa shape index (κ2) is 8.71. The van der Waals surface area contributed by atoms with E-state index in [4.69, 9.17) is 16.3 Å². The van der Waals surface area contributed by atoms with Crippen LogP contribution in [0, 0.1) is 0 Å². The number of nitrogens with zero attached hydrogens (tertiary/aromatic N) is 2. The van der Waals surface area contributed by atoms with Crippen LogP contribution in [0.5, 0.6) is 5.75 Å². The van der Waals surface area contributed by atoms with Gasteiger partial charge in [0.1, 0.15) is 11.4 Å². The number of carbonyl (C=O) groups excluding carboxylic acids is 2. The molecule has 0 saturated heterocycles. The lowest BCUT2D eigenvalue weighted by Crippen LogP contribution is -2.38. The molecule has 3 rings (SSSR count). The fraction of sp³-hybridized carbons (Fsp3) is 0.190. The molecular weight excluding hydrogens is 378 g/mol. The van der Waals surface area contributed by atoms with Crippen molar-refractivity contribution in [2.75, 3.05) is 20.7 Å². The van der Waals surface area contributed by atoms with Gasteiger partial charge in [-0.1, -0.05) is 29.8 Å². The Balaban J connectivity index is 1.59. The first kappa shape index (κ1) is 19.6. The summed E-state index contributed by atoms with van der Waals surface area (Å²) in [5, 5.41) is 5.12. The third-order valence-corrected chi connectivity index (χ3v) is 4.55. The highest BCUT2D eigenvalue weighted by molar-refractivity contribution is 6.30. The van der Waals surface area contributed by atoms with E-state index < -0.39 is 5.91 Å². The fourth-order valence-corrected chi connectivity index (χ4v) is 2.93. The van der Waals surface area contributed by atoms with E-state index in [-0.39, 0.29) is 18.1 Å². The molecule has 2 aromatic carbocycles. The first-order valence-electron chi connectivity index (χ1n) is 8.66. The average molecular weight is 398 g/mol. The van der Waals surface area contributed by atoms with Gasteiger partial charge in [0.25, 0.3) is 5.91 Å². The zero-order valence-corrected chi connectivity index (χ0v) is 16.4. The summed E-state index contributed by atoms with van der Waals surface area (Å²) in [5.41, 5.74) is 1.17. The first-order chi connectivity index (χ1) is 13.5. The minimum absolute atomic E-state index is 0.117. The van der Waals surface area contributed by atoms with Crippen molar-refractivity contribution in [1.29, 1.82) is 0 Å². The molecule has 7 heteroatoms. The Morgan fingerprint density at radius 1 is 1.11 bits per heavy atom. The van der Waals surface area contributed by atoms with E-state index in [9.17, 15) is 9.59 Å². The monoisotopic (exact) mass is 397 g/mol. The number of carbonyl (C=O) groups is 2. The molecule has 144 valence electrons. The predicted molar refractivity (Wildman–Crippen MR) is 109 cm³/mol. The molecule has 0 saturated carbocycles. The molecule has 6 nitrogen and oxygen atoms in total. The van der Waals surface area contributed by atoms with Gasteiger partial charge in [-0.25, -0.2) is 0 Å². The first-order valence-corrected chi connectivity index (χ1v) is 9.04. The van der Waals surface area contributed by atoms with Gasteiger partial charge in [0.05, 0.1) is 13.7 Å². The van der Waals surface area contributed by atoms with Crippen LogP contribution in [0.2, 0.25) is 5.02 Å². The fourth-order valence-electron chi connectivity index (χ4n) is 2.77. The minimum Gasteiger partial charge on any atom is -0.497 e. The van der Waals surface area contributed by atoms with Crippen molar-refractivity contribution in [3.05, 3.63) is 71.0 Å². The Morgan fingerprint density at radius 3 is 2.61 bits per heavy atom. The zero-order chi connectivity index (χ0) is 20.1. The summed E-state index contributed by atoms with van der Waals surface area (Å²) in [6.07, 6.45) is 1.44. The summed E-state index contributed by atoms with van der Waals surface area (Å²) in [6.45, 7) is 0.320. The average Bonchev–Trinajstić information content (AvgIpc) is 2.71. The highest BCUT2D eigenvalue weighted by Gasteiger charge is 2.13. The number of nitrogens with one attached hydrogen (secondary N) is 1. The van der Waals surface area contributed by atoms with E-state index in [1.54, 1.807) is 25.1 Å². The van der Waals surface area contributed by atoms with Crippen molar-refractivity contribution in [1.82, 2.24) is 15.2 Å². The van der Waals surface area contributed by atoms with E-state index in [1.807, 2.05) is 36.4 Å². The Morgan fingerprint density at radius 2 is 1.86 bits per heavy atom. The summed E-state index contributed by atoms with van der Waals surface area (Å²) in [4.78, 5) is 29.9. The third kappa shape index (κ3) is 4.78. The van der Waals surface area contributed by atoms with Crippen LogP contribution in [0.4, 0.5) is 0 Å². The van der Waals surface area contributed by atoms with Gasteiger partial charge in [-0.2, -0.15) is 0 Å². The van der Waals surface area contributed by atoms with Crippen LogP contribution in [0.1, 0.15) is 16.1 Å². The summed E-state index contributed by atoms with van der Waals surface area (Å²) < 4.78 is 5.23. The number of likely N-dealkylation sites (N-methyl/N-ethyl adjacent to an activating group) is 1. The van der Waals surface area contributed by atoms with E-state index in [2.05, 4.69) is 10.3 Å². The van der Waals surface area contributed by atoms with Crippen LogP contribution < -0.4 is 10.1 Å². The summed E-state index contributed by atoms with van der Waals surface area (Å²) in [6, 6.07) is 14.9. The summed E-state index contributed by atoms with van der Waals surface area (Å²) in [5.74, 6) is 0.159. The highest BCUT2D eigenvalue weighted by atomic mass is 35.5. The number of hydrogen-bond acceptors (Lipinski definition) is 4. The number of rotatable bonds is 6. The molecule has 0 spiro atoms. The van der Waals surface area contributed by atoms with Gasteiger partial charge in [-0.15, -0.1) is 0 Å². The second-order valence-corrected chi connectivity index (χ2v) is 6.78. The molecule has 0 aliphatic rings. The molecule has 0 radical (unpaired) electrons. The molecule has 1 aromatic heterocycles. The van der Waals surface area contributed by atoms with Crippen LogP contribution in [-0.4, -0.2) is 42.4 Å². The molecule has 3 aromatic rings. The van der Waals surface area contributed by atoms with E-state index in [0.717, 1.165) is 22.1 Å². The predicted octanol–water partition coefficient (Wildman–Crippen LogP) is 3.29. The lowest BCUT2D eigenvalue weighted by Gasteiger charge is -2.18. The van der Waals surface area contributed by atoms with E-state index in [0.29, 0.717) is 11.6 Å². The molecule has 1 N–H and O–H groups in total. The Hall–Kier alpha value is -3.12. The number of ether oxygens (including phenoxy) is 1. The minimum atomic E-state index is -0.441. The number of fused-ring (bicyclic) bond motifs is 1. The Kier molecular flexibility index (Phi) is 6.11. The van der Waals surface area contributed by atoms with Gasteiger partial charge in [0.15, 0.2) is 0 Å². The smallest absolute Gasteiger partial charge is 0.270 e. The van der Waals surface area contributed by atoms with Crippen molar-refractivity contribution >= 4 is 34.2 Å². The van der Waals surface area contributed by atoms with Crippen molar-refractivity contribution in [3.63, 3.8) is 0 Å². The van der Waals surface area contributed by atoms with Gasteiger partial charge in [-0.05, 0) is 46.7 Å². The quantitative estimate of drug-likeness (QED) is 0.692. The molecule has 0 aliphatic carbocycles. The molecule has 0 unspecified atom stereocenters. The normalized spacial score (nSPS) is 10.5. The number of aromatic nitrogens is 1. The molecule has 0 fully saturated rings. The zero-order valence-electron chi connectivity index (χ0n) is 15.6. The standard InChI is InChI=1S/C21H20ClN3O3/c1-25(20(26)12-24-21(27)19-11-17(22)7-8-23-19)13-14-3-4-16-10-18(28-2)6-5-15(16)9-14/h3-11H,12-13H2,1-2H3,(H,24,27). The van der Waals surface area contributed by atoms with Crippen molar-refractivity contribution in [3.8, 4) is 5.75 Å². The Labute approximate surface area is 168 Å². The lowest BCUT2D eigenvalue weighted by atomic mass is 10.1. The van der Waals surface area contributed by atoms with Gasteiger partial charge >= 0.3 is 0 Å². The van der Waals surface area contributed by atoms with Crippen LogP contribution in [-0.2, 0) is 11.3 Å². The van der Waals surface area contributed by atoms with Gasteiger partial charge in [-0.3, -0.25) is 14.6 Å². The number of pyridine rings is 1.